The van der Waals surface area contributed by atoms with Gasteiger partial charge < -0.3 is 5.11 Å². The summed E-state index contributed by atoms with van der Waals surface area (Å²) >= 11 is 0. The van der Waals surface area contributed by atoms with Crippen LogP contribution in [0.15, 0.2) is 36.5 Å². The third-order valence-corrected chi connectivity index (χ3v) is 1.39. The normalized spacial score (nSPS) is 21.0. The summed E-state index contributed by atoms with van der Waals surface area (Å²) in [5.41, 5.74) is 0. The Bertz CT molecular complexity index is 163. The van der Waals surface area contributed by atoms with E-state index >= 15 is 0 Å². The molecule has 10 heavy (non-hydrogen) atoms. The van der Waals surface area contributed by atoms with Crippen LogP contribution in [-0.2, 0) is 0 Å². The standard InChI is InChI=1S/C9H12O/c1-8(10)6-7-9-4-2-3-5-9/h2-10H,1H3. The topological polar surface area (TPSA) is 20.2 Å². The van der Waals surface area contributed by atoms with Crippen LogP contribution in [0, 0.1) is 5.92 Å². The number of aliphatic hydroxyl groups is 1. The Morgan fingerprint density at radius 2 is 2.00 bits per heavy atom. The van der Waals surface area contributed by atoms with Gasteiger partial charge in [0.15, 0.2) is 0 Å². The van der Waals surface area contributed by atoms with Gasteiger partial charge in [0.1, 0.15) is 0 Å². The van der Waals surface area contributed by atoms with Gasteiger partial charge in [0, 0.05) is 5.92 Å². The van der Waals surface area contributed by atoms with E-state index in [1.807, 2.05) is 18.2 Å². The van der Waals surface area contributed by atoms with Crippen LogP contribution in [0.1, 0.15) is 6.92 Å². The van der Waals surface area contributed by atoms with E-state index in [9.17, 15) is 0 Å². The molecule has 0 heterocycles. The second kappa shape index (κ2) is 3.37. The average molecular weight is 136 g/mol. The molecule has 1 atom stereocenters. The van der Waals surface area contributed by atoms with E-state index in [0.29, 0.717) is 5.92 Å². The Hall–Kier alpha value is -0.820. The quantitative estimate of drug-likeness (QED) is 0.572. The first-order valence-corrected chi connectivity index (χ1v) is 3.50. The largest absolute Gasteiger partial charge is 0.389 e. The summed E-state index contributed by atoms with van der Waals surface area (Å²) in [4.78, 5) is 0. The zero-order chi connectivity index (χ0) is 7.40. The van der Waals surface area contributed by atoms with Crippen molar-refractivity contribution in [1.29, 1.82) is 0 Å². The maximum atomic E-state index is 8.88. The van der Waals surface area contributed by atoms with E-state index < -0.39 is 0 Å². The van der Waals surface area contributed by atoms with Crippen LogP contribution in [0.2, 0.25) is 0 Å². The Labute approximate surface area is 61.4 Å². The molecule has 1 aliphatic rings. The fraction of sp³-hybridized carbons (Fsp3) is 0.333. The van der Waals surface area contributed by atoms with Crippen molar-refractivity contribution < 1.29 is 5.11 Å². The van der Waals surface area contributed by atoms with Crippen LogP contribution in [0.25, 0.3) is 0 Å². The van der Waals surface area contributed by atoms with E-state index in [4.69, 9.17) is 5.11 Å². The van der Waals surface area contributed by atoms with Gasteiger partial charge in [-0.2, -0.15) is 0 Å². The summed E-state index contributed by atoms with van der Waals surface area (Å²) in [6.45, 7) is 1.75. The average Bonchev–Trinajstić information content (AvgIpc) is 2.34. The SMILES string of the molecule is CC(O)C=CC1C=CC=C1. The summed E-state index contributed by atoms with van der Waals surface area (Å²) < 4.78 is 0. The fourth-order valence-corrected chi connectivity index (χ4v) is 0.866. The minimum atomic E-state index is -0.331. The van der Waals surface area contributed by atoms with Crippen molar-refractivity contribution in [3.63, 3.8) is 0 Å². The second-order valence-electron chi connectivity index (χ2n) is 2.47. The first kappa shape index (κ1) is 7.29. The van der Waals surface area contributed by atoms with Crippen LogP contribution in [0.4, 0.5) is 0 Å². The van der Waals surface area contributed by atoms with Crippen molar-refractivity contribution in [3.05, 3.63) is 36.5 Å². The van der Waals surface area contributed by atoms with Gasteiger partial charge in [0.05, 0.1) is 6.10 Å². The molecule has 0 amide bonds. The lowest BCUT2D eigenvalue weighted by Crippen LogP contribution is -1.93. The van der Waals surface area contributed by atoms with Crippen molar-refractivity contribution >= 4 is 0 Å². The van der Waals surface area contributed by atoms with Gasteiger partial charge in [-0.3, -0.25) is 0 Å². The lowest BCUT2D eigenvalue weighted by Gasteiger charge is -1.96. The van der Waals surface area contributed by atoms with Crippen LogP contribution in [0.3, 0.4) is 0 Å². The first-order valence-electron chi connectivity index (χ1n) is 3.50. The monoisotopic (exact) mass is 136 g/mol. The highest BCUT2D eigenvalue weighted by atomic mass is 16.3. The molecule has 1 rings (SSSR count). The van der Waals surface area contributed by atoms with Crippen molar-refractivity contribution in [2.75, 3.05) is 0 Å². The fourth-order valence-electron chi connectivity index (χ4n) is 0.866. The van der Waals surface area contributed by atoms with E-state index in [2.05, 4.69) is 12.2 Å². The van der Waals surface area contributed by atoms with Crippen molar-refractivity contribution in [2.24, 2.45) is 5.92 Å². The summed E-state index contributed by atoms with van der Waals surface area (Å²) in [5, 5.41) is 8.88. The molecule has 0 saturated heterocycles. The minimum Gasteiger partial charge on any atom is -0.389 e. The predicted octanol–water partition coefficient (Wildman–Crippen LogP) is 1.67. The van der Waals surface area contributed by atoms with Gasteiger partial charge in [-0.15, -0.1) is 0 Å². The zero-order valence-electron chi connectivity index (χ0n) is 6.07. The van der Waals surface area contributed by atoms with Crippen molar-refractivity contribution in [1.82, 2.24) is 0 Å². The summed E-state index contributed by atoms with van der Waals surface area (Å²) in [5.74, 6) is 0.398. The highest BCUT2D eigenvalue weighted by Crippen LogP contribution is 2.09. The van der Waals surface area contributed by atoms with Crippen LogP contribution < -0.4 is 0 Å². The van der Waals surface area contributed by atoms with Crippen LogP contribution >= 0.6 is 0 Å². The molecule has 1 aliphatic carbocycles. The molecular weight excluding hydrogens is 124 g/mol. The highest BCUT2D eigenvalue weighted by Gasteiger charge is 1.97. The highest BCUT2D eigenvalue weighted by molar-refractivity contribution is 5.22. The molecule has 0 bridgehead atoms. The van der Waals surface area contributed by atoms with Crippen LogP contribution in [-0.4, -0.2) is 11.2 Å². The van der Waals surface area contributed by atoms with Crippen molar-refractivity contribution in [3.8, 4) is 0 Å². The number of allylic oxidation sites excluding steroid dienone is 5. The molecular formula is C9H12O. The van der Waals surface area contributed by atoms with Gasteiger partial charge in [-0.25, -0.2) is 0 Å². The molecule has 1 nitrogen and oxygen atoms in total. The number of aliphatic hydroxyl groups excluding tert-OH is 1. The smallest absolute Gasteiger partial charge is 0.0693 e. The number of hydrogen-bond acceptors (Lipinski definition) is 1. The van der Waals surface area contributed by atoms with Gasteiger partial charge in [-0.1, -0.05) is 36.5 Å². The molecule has 0 aromatic heterocycles. The van der Waals surface area contributed by atoms with Crippen molar-refractivity contribution in [2.45, 2.75) is 13.0 Å². The van der Waals surface area contributed by atoms with E-state index in [0.717, 1.165) is 0 Å². The number of hydrogen-bond donors (Lipinski definition) is 1. The Morgan fingerprint density at radius 3 is 2.50 bits per heavy atom. The third-order valence-electron chi connectivity index (χ3n) is 1.39. The molecule has 0 saturated carbocycles. The summed E-state index contributed by atoms with van der Waals surface area (Å²) in [7, 11) is 0. The minimum absolute atomic E-state index is 0.331. The molecule has 0 aromatic carbocycles. The predicted molar refractivity (Wildman–Crippen MR) is 42.6 cm³/mol. The first-order chi connectivity index (χ1) is 4.79. The number of rotatable bonds is 2. The van der Waals surface area contributed by atoms with Gasteiger partial charge in [-0.05, 0) is 6.92 Å². The Kier molecular flexibility index (Phi) is 2.46. The van der Waals surface area contributed by atoms with E-state index in [-0.39, 0.29) is 6.10 Å². The summed E-state index contributed by atoms with van der Waals surface area (Å²) in [6.07, 6.45) is 11.6. The Balaban J connectivity index is 2.38. The van der Waals surface area contributed by atoms with E-state index in [1.165, 1.54) is 0 Å². The molecule has 0 aliphatic heterocycles. The lowest BCUT2D eigenvalue weighted by molar-refractivity contribution is 0.243. The molecule has 0 spiro atoms. The zero-order valence-corrected chi connectivity index (χ0v) is 6.07. The van der Waals surface area contributed by atoms with Gasteiger partial charge >= 0.3 is 0 Å². The molecule has 1 heteroatoms. The molecule has 0 fully saturated rings. The maximum Gasteiger partial charge on any atom is 0.0693 e. The lowest BCUT2D eigenvalue weighted by atomic mass is 10.1. The molecule has 0 aromatic rings. The Morgan fingerprint density at radius 1 is 1.40 bits per heavy atom. The van der Waals surface area contributed by atoms with Gasteiger partial charge in [0.25, 0.3) is 0 Å². The maximum absolute atomic E-state index is 8.88. The third kappa shape index (κ3) is 2.19. The summed E-state index contributed by atoms with van der Waals surface area (Å²) in [6, 6.07) is 0. The van der Waals surface area contributed by atoms with Gasteiger partial charge in [0.2, 0.25) is 0 Å². The molecule has 0 radical (unpaired) electrons. The van der Waals surface area contributed by atoms with E-state index in [1.54, 1.807) is 13.0 Å². The molecule has 1 unspecified atom stereocenters. The molecule has 1 N–H and O–H groups in total. The molecule has 54 valence electrons. The van der Waals surface area contributed by atoms with Crippen LogP contribution in [0.5, 0.6) is 0 Å². The second-order valence-corrected chi connectivity index (χ2v) is 2.47.